The molecule has 5 rings (SSSR count). The molecular formula is C26H26ClF4N3O4. The van der Waals surface area contributed by atoms with Gasteiger partial charge in [-0.25, -0.2) is 9.18 Å². The van der Waals surface area contributed by atoms with Gasteiger partial charge in [-0.1, -0.05) is 6.07 Å². The van der Waals surface area contributed by atoms with Crippen molar-refractivity contribution in [3.05, 3.63) is 59.2 Å². The van der Waals surface area contributed by atoms with Gasteiger partial charge in [0.25, 0.3) is 0 Å². The molecule has 38 heavy (non-hydrogen) atoms. The van der Waals surface area contributed by atoms with Crippen molar-refractivity contribution in [3.63, 3.8) is 0 Å². The van der Waals surface area contributed by atoms with Crippen LogP contribution in [-0.4, -0.2) is 43.7 Å². The number of ether oxygens (including phenoxy) is 3. The Balaban J connectivity index is 0.00000336. The van der Waals surface area contributed by atoms with Crippen LogP contribution in [0.15, 0.2) is 42.3 Å². The number of carbonyl (C=O) groups excluding carboxylic acids is 1. The topological polar surface area (TPSA) is 79.0 Å². The van der Waals surface area contributed by atoms with Crippen LogP contribution in [0.25, 0.3) is 10.9 Å². The normalized spacial score (nSPS) is 16.3. The molecule has 1 spiro atoms. The predicted molar refractivity (Wildman–Crippen MR) is 135 cm³/mol. The van der Waals surface area contributed by atoms with Crippen molar-refractivity contribution in [3.8, 4) is 11.5 Å². The molecule has 204 valence electrons. The van der Waals surface area contributed by atoms with Crippen molar-refractivity contribution < 1.29 is 36.6 Å². The maximum Gasteiger partial charge on any atom is 0.573 e. The number of nitrogens with two attached hydrogens (primary N) is 1. The number of piperidine rings is 1. The summed E-state index contributed by atoms with van der Waals surface area (Å²) >= 11 is 0. The summed E-state index contributed by atoms with van der Waals surface area (Å²) in [5.41, 5.74) is 7.26. The second-order valence-electron chi connectivity index (χ2n) is 9.15. The number of methoxy groups -OCH3 is 1. The number of hydrogen-bond acceptors (Lipinski definition) is 6. The van der Waals surface area contributed by atoms with Crippen LogP contribution in [0, 0.1) is 5.82 Å². The second-order valence-corrected chi connectivity index (χ2v) is 9.15. The number of halogens is 5. The molecule has 2 N–H and O–H groups in total. The first-order valence-corrected chi connectivity index (χ1v) is 11.8. The van der Waals surface area contributed by atoms with Gasteiger partial charge in [0, 0.05) is 45.0 Å². The van der Waals surface area contributed by atoms with E-state index in [0.29, 0.717) is 43.9 Å². The van der Waals surface area contributed by atoms with E-state index in [1.54, 1.807) is 12.3 Å². The van der Waals surface area contributed by atoms with Gasteiger partial charge in [0.05, 0.1) is 28.6 Å². The average Bonchev–Trinajstić information content (AvgIpc) is 3.41. The van der Waals surface area contributed by atoms with Gasteiger partial charge in [0.1, 0.15) is 17.3 Å². The van der Waals surface area contributed by atoms with E-state index in [9.17, 15) is 22.4 Å². The summed E-state index contributed by atoms with van der Waals surface area (Å²) in [7, 11) is 1.49. The van der Waals surface area contributed by atoms with Crippen LogP contribution in [0.3, 0.4) is 0 Å². The summed E-state index contributed by atoms with van der Waals surface area (Å²) in [5, 5.41) is 0.0315. The summed E-state index contributed by atoms with van der Waals surface area (Å²) in [6.45, 7) is 1.53. The van der Waals surface area contributed by atoms with Crippen LogP contribution >= 0.6 is 12.4 Å². The first-order valence-electron chi connectivity index (χ1n) is 11.8. The number of anilines is 1. The summed E-state index contributed by atoms with van der Waals surface area (Å²) in [4.78, 5) is 13.7. The van der Waals surface area contributed by atoms with Crippen molar-refractivity contribution in [2.45, 2.75) is 37.7 Å². The molecule has 1 aromatic heterocycles. The third-order valence-corrected chi connectivity index (χ3v) is 7.17. The SMILES string of the molecule is COCCn1cc(N2CCC3(CC2)C(=C=O)Oc2ccc(CN)cc23)c2c(OC(F)(F)F)ccc(F)c21.Cl. The smallest absolute Gasteiger partial charge is 0.449 e. The van der Waals surface area contributed by atoms with Crippen LogP contribution in [0.5, 0.6) is 11.5 Å². The Kier molecular flexibility index (Phi) is 7.67. The Hall–Kier alpha value is -3.24. The fourth-order valence-electron chi connectivity index (χ4n) is 5.41. The summed E-state index contributed by atoms with van der Waals surface area (Å²) in [6.07, 6.45) is -2.45. The molecule has 0 radical (unpaired) electrons. The summed E-state index contributed by atoms with van der Waals surface area (Å²) in [5.74, 6) is 1.55. The zero-order valence-electron chi connectivity index (χ0n) is 20.4. The van der Waals surface area contributed by atoms with E-state index in [2.05, 4.69) is 4.74 Å². The van der Waals surface area contributed by atoms with Gasteiger partial charge < -0.3 is 29.4 Å². The number of aromatic nitrogens is 1. The van der Waals surface area contributed by atoms with E-state index in [1.165, 1.54) is 11.7 Å². The lowest BCUT2D eigenvalue weighted by Gasteiger charge is -2.39. The quantitative estimate of drug-likeness (QED) is 0.346. The zero-order valence-corrected chi connectivity index (χ0v) is 21.3. The molecule has 2 aromatic carbocycles. The lowest BCUT2D eigenvalue weighted by atomic mass is 9.72. The maximum absolute atomic E-state index is 15.0. The molecule has 3 aromatic rings. The lowest BCUT2D eigenvalue weighted by molar-refractivity contribution is -0.274. The van der Waals surface area contributed by atoms with Crippen molar-refractivity contribution in [1.29, 1.82) is 0 Å². The first-order chi connectivity index (χ1) is 17.7. The zero-order chi connectivity index (χ0) is 26.4. The lowest BCUT2D eigenvalue weighted by Crippen LogP contribution is -2.43. The highest BCUT2D eigenvalue weighted by molar-refractivity contribution is 5.99. The third kappa shape index (κ3) is 4.71. The van der Waals surface area contributed by atoms with Gasteiger partial charge in [-0.15, -0.1) is 25.6 Å². The van der Waals surface area contributed by atoms with Gasteiger partial charge >= 0.3 is 6.36 Å². The van der Waals surface area contributed by atoms with Gasteiger partial charge in [-0.2, -0.15) is 0 Å². The fourth-order valence-corrected chi connectivity index (χ4v) is 5.41. The molecule has 2 aliphatic heterocycles. The molecular weight excluding hydrogens is 530 g/mol. The van der Waals surface area contributed by atoms with E-state index in [4.69, 9.17) is 15.2 Å². The minimum atomic E-state index is -4.95. The van der Waals surface area contributed by atoms with Crippen molar-refractivity contribution in [2.75, 3.05) is 31.7 Å². The Morgan fingerprint density at radius 1 is 1.18 bits per heavy atom. The summed E-state index contributed by atoms with van der Waals surface area (Å²) in [6, 6.07) is 7.49. The molecule has 0 aliphatic carbocycles. The molecule has 1 fully saturated rings. The van der Waals surface area contributed by atoms with Crippen LogP contribution in [-0.2, 0) is 28.0 Å². The van der Waals surface area contributed by atoms with E-state index < -0.39 is 23.3 Å². The molecule has 0 unspecified atom stereocenters. The Morgan fingerprint density at radius 2 is 1.92 bits per heavy atom. The summed E-state index contributed by atoms with van der Waals surface area (Å²) < 4.78 is 71.4. The molecule has 3 heterocycles. The highest BCUT2D eigenvalue weighted by atomic mass is 35.5. The Morgan fingerprint density at radius 3 is 2.55 bits per heavy atom. The molecule has 2 aliphatic rings. The van der Waals surface area contributed by atoms with Crippen molar-refractivity contribution in [1.82, 2.24) is 4.57 Å². The monoisotopic (exact) mass is 555 g/mol. The highest BCUT2D eigenvalue weighted by Crippen LogP contribution is 2.52. The minimum Gasteiger partial charge on any atom is -0.449 e. The van der Waals surface area contributed by atoms with Gasteiger partial charge in [0.2, 0.25) is 0 Å². The van der Waals surface area contributed by atoms with Gasteiger partial charge in [-0.05, 0) is 42.7 Å². The number of alkyl halides is 3. The molecule has 0 atom stereocenters. The van der Waals surface area contributed by atoms with Crippen LogP contribution < -0.4 is 20.1 Å². The average molecular weight is 556 g/mol. The standard InChI is InChI=1S/C26H25F4N3O4.ClH/c1-35-11-10-33-14-19(23-21(37-26(28,29)30)5-3-18(27)24(23)33)32-8-6-25(7-9-32)17-12-16(13-31)2-4-20(17)36-22(25)15-34;/h2-5,12,14H,6-11,13,31H2,1H3;1H. The van der Waals surface area contributed by atoms with Gasteiger partial charge in [0.15, 0.2) is 11.7 Å². The predicted octanol–water partition coefficient (Wildman–Crippen LogP) is 4.85. The maximum atomic E-state index is 15.0. The van der Waals surface area contributed by atoms with Crippen molar-refractivity contribution in [2.24, 2.45) is 5.73 Å². The molecule has 12 heteroatoms. The number of rotatable bonds is 6. The largest absolute Gasteiger partial charge is 0.573 e. The van der Waals surface area contributed by atoms with E-state index in [-0.39, 0.29) is 42.2 Å². The fraction of sp³-hybridized carbons (Fsp3) is 0.385. The second kappa shape index (κ2) is 10.5. The minimum absolute atomic E-state index is 0. The first kappa shape index (κ1) is 27.8. The molecule has 0 saturated carbocycles. The number of hydrogen-bond donors (Lipinski definition) is 1. The number of benzene rings is 2. The molecule has 1 saturated heterocycles. The Bertz CT molecular complexity index is 1390. The van der Waals surface area contributed by atoms with Crippen LogP contribution in [0.4, 0.5) is 23.2 Å². The van der Waals surface area contributed by atoms with E-state index >= 15 is 0 Å². The number of allylic oxidation sites excluding steroid dienone is 1. The van der Waals surface area contributed by atoms with Crippen molar-refractivity contribution >= 4 is 34.9 Å². The highest BCUT2D eigenvalue weighted by Gasteiger charge is 2.49. The van der Waals surface area contributed by atoms with Gasteiger partial charge in [-0.3, -0.25) is 0 Å². The number of nitrogens with zero attached hydrogens (tertiary/aromatic N) is 2. The van der Waals surface area contributed by atoms with Crippen LogP contribution in [0.2, 0.25) is 0 Å². The van der Waals surface area contributed by atoms with E-state index in [1.807, 2.05) is 23.0 Å². The van der Waals surface area contributed by atoms with E-state index in [0.717, 1.165) is 23.3 Å². The Labute approximate surface area is 222 Å². The third-order valence-electron chi connectivity index (χ3n) is 7.17. The molecule has 7 nitrogen and oxygen atoms in total. The molecule has 0 amide bonds. The van der Waals surface area contributed by atoms with Crippen LogP contribution in [0.1, 0.15) is 24.0 Å². The number of fused-ring (bicyclic) bond motifs is 3. The molecule has 0 bridgehead atoms.